The fourth-order valence-electron chi connectivity index (χ4n) is 4.62. The number of rotatable bonds is 7. The monoisotopic (exact) mass is 446 g/mol. The van der Waals surface area contributed by atoms with Crippen molar-refractivity contribution in [2.24, 2.45) is 0 Å². The molecule has 1 saturated heterocycles. The first-order valence-corrected chi connectivity index (χ1v) is 11.8. The summed E-state index contributed by atoms with van der Waals surface area (Å²) in [6.07, 6.45) is 4.72. The normalized spacial score (nSPS) is 16.7. The van der Waals surface area contributed by atoms with Gasteiger partial charge >= 0.3 is 0 Å². The van der Waals surface area contributed by atoms with Gasteiger partial charge < -0.3 is 10.1 Å². The van der Waals surface area contributed by atoms with Gasteiger partial charge in [-0.15, -0.1) is 11.3 Å². The average Bonchev–Trinajstić information content (AvgIpc) is 3.44. The molecule has 0 radical (unpaired) electrons. The van der Waals surface area contributed by atoms with Crippen molar-refractivity contribution in [3.8, 4) is 0 Å². The Kier molecular flexibility index (Phi) is 6.12. The Morgan fingerprint density at radius 1 is 1.16 bits per heavy atom. The van der Waals surface area contributed by atoms with Crippen molar-refractivity contribution in [1.29, 1.82) is 0 Å². The number of methoxy groups -OCH3 is 1. The van der Waals surface area contributed by atoms with E-state index in [1.807, 2.05) is 18.3 Å². The number of aromatic nitrogens is 2. The third-order valence-electron chi connectivity index (χ3n) is 6.12. The van der Waals surface area contributed by atoms with Crippen LogP contribution in [0.3, 0.4) is 0 Å². The predicted molar refractivity (Wildman–Crippen MR) is 128 cm³/mol. The summed E-state index contributed by atoms with van der Waals surface area (Å²) in [5.74, 6) is 0.280. The Morgan fingerprint density at radius 3 is 2.94 bits per heavy atom. The first-order valence-electron chi connectivity index (χ1n) is 10.9. The smallest absolute Gasteiger partial charge is 0.261 e. The highest BCUT2D eigenvalue weighted by Gasteiger charge is 2.31. The van der Waals surface area contributed by atoms with Gasteiger partial charge in [-0.25, -0.2) is 4.98 Å². The summed E-state index contributed by atoms with van der Waals surface area (Å²) < 4.78 is 5.08. The Labute approximate surface area is 191 Å². The molecule has 4 heterocycles. The van der Waals surface area contributed by atoms with Crippen LogP contribution in [0.1, 0.15) is 33.1 Å². The van der Waals surface area contributed by atoms with Gasteiger partial charge in [0, 0.05) is 55.8 Å². The summed E-state index contributed by atoms with van der Waals surface area (Å²) in [5.41, 5.74) is 3.48. The SMILES string of the molecule is COCCNC(=O)c1sc2ncccc2c1[C@@H]1CCN(Cc2ccnc3ccccc23)C1. The zero-order valence-electron chi connectivity index (χ0n) is 18.1. The second kappa shape index (κ2) is 9.32. The van der Waals surface area contributed by atoms with Crippen molar-refractivity contribution >= 4 is 38.4 Å². The van der Waals surface area contributed by atoms with Crippen molar-refractivity contribution < 1.29 is 9.53 Å². The van der Waals surface area contributed by atoms with E-state index in [2.05, 4.69) is 50.5 Å². The minimum absolute atomic E-state index is 0.0290. The van der Waals surface area contributed by atoms with Gasteiger partial charge in [0.2, 0.25) is 0 Å². The first kappa shape index (κ1) is 21.0. The first-order chi connectivity index (χ1) is 15.7. The zero-order chi connectivity index (χ0) is 21.9. The third kappa shape index (κ3) is 4.11. The number of thiophene rings is 1. The molecular weight excluding hydrogens is 420 g/mol. The molecule has 164 valence electrons. The Morgan fingerprint density at radius 2 is 2.03 bits per heavy atom. The lowest BCUT2D eigenvalue weighted by molar-refractivity contribution is 0.0940. The van der Waals surface area contributed by atoms with Gasteiger partial charge in [-0.3, -0.25) is 14.7 Å². The fourth-order valence-corrected chi connectivity index (χ4v) is 5.76. The van der Waals surface area contributed by atoms with Crippen LogP contribution in [0.15, 0.2) is 54.9 Å². The maximum absolute atomic E-state index is 13.0. The van der Waals surface area contributed by atoms with E-state index in [-0.39, 0.29) is 5.91 Å². The molecule has 0 spiro atoms. The molecule has 1 aromatic carbocycles. The summed E-state index contributed by atoms with van der Waals surface area (Å²) >= 11 is 1.49. The Balaban J connectivity index is 1.40. The lowest BCUT2D eigenvalue weighted by atomic mass is 9.95. The number of carbonyl (C=O) groups is 1. The van der Waals surface area contributed by atoms with Crippen molar-refractivity contribution in [2.45, 2.75) is 18.9 Å². The lowest BCUT2D eigenvalue weighted by Gasteiger charge is -2.18. The van der Waals surface area contributed by atoms with E-state index < -0.39 is 0 Å². The highest BCUT2D eigenvalue weighted by Crippen LogP contribution is 2.39. The fraction of sp³-hybridized carbons (Fsp3) is 0.320. The number of fused-ring (bicyclic) bond motifs is 2. The number of para-hydroxylation sites is 1. The van der Waals surface area contributed by atoms with Crippen molar-refractivity contribution in [2.75, 3.05) is 33.4 Å². The van der Waals surface area contributed by atoms with Crippen LogP contribution >= 0.6 is 11.3 Å². The van der Waals surface area contributed by atoms with Crippen LogP contribution in [-0.4, -0.2) is 54.1 Å². The molecule has 1 aliphatic heterocycles. The van der Waals surface area contributed by atoms with Gasteiger partial charge in [0.05, 0.1) is 17.0 Å². The van der Waals surface area contributed by atoms with E-state index in [4.69, 9.17) is 4.74 Å². The molecule has 1 fully saturated rings. The van der Waals surface area contributed by atoms with Crippen LogP contribution in [0.25, 0.3) is 21.1 Å². The van der Waals surface area contributed by atoms with Crippen LogP contribution in [0.2, 0.25) is 0 Å². The highest BCUT2D eigenvalue weighted by molar-refractivity contribution is 7.20. The number of hydrogen-bond donors (Lipinski definition) is 1. The van der Waals surface area contributed by atoms with Gasteiger partial charge in [-0.05, 0) is 42.3 Å². The molecule has 1 atom stereocenters. The molecule has 1 N–H and O–H groups in total. The van der Waals surface area contributed by atoms with Gasteiger partial charge in [-0.2, -0.15) is 0 Å². The second-order valence-corrected chi connectivity index (χ2v) is 9.16. The summed E-state index contributed by atoms with van der Waals surface area (Å²) in [7, 11) is 1.64. The molecule has 0 saturated carbocycles. The number of pyridine rings is 2. The molecule has 0 unspecified atom stereocenters. The standard InChI is InChI=1S/C25H26N4O2S/c1-31-14-12-27-24(30)23-22(20-6-4-10-28-25(20)32-23)18-9-13-29(16-18)15-17-8-11-26-21-7-3-2-5-19(17)21/h2-8,10-11,18H,9,12-16H2,1H3,(H,27,30)/t18-/m1/s1. The number of carbonyl (C=O) groups excluding carboxylic acids is 1. The average molecular weight is 447 g/mol. The van der Waals surface area contributed by atoms with Crippen molar-refractivity contribution in [3.05, 3.63) is 70.9 Å². The van der Waals surface area contributed by atoms with E-state index in [9.17, 15) is 4.79 Å². The van der Waals surface area contributed by atoms with Crippen molar-refractivity contribution in [3.63, 3.8) is 0 Å². The predicted octanol–water partition coefficient (Wildman–Crippen LogP) is 4.21. The third-order valence-corrected chi connectivity index (χ3v) is 7.24. The molecule has 32 heavy (non-hydrogen) atoms. The zero-order valence-corrected chi connectivity index (χ0v) is 18.9. The van der Waals surface area contributed by atoms with Gasteiger partial charge in [-0.1, -0.05) is 24.3 Å². The van der Waals surface area contributed by atoms with Crippen LogP contribution < -0.4 is 5.32 Å². The molecule has 1 aliphatic rings. The molecule has 4 aromatic rings. The molecule has 7 heteroatoms. The molecule has 3 aromatic heterocycles. The molecule has 5 rings (SSSR count). The Bertz CT molecular complexity index is 1250. The van der Waals surface area contributed by atoms with E-state index in [0.29, 0.717) is 19.1 Å². The topological polar surface area (TPSA) is 67.3 Å². The van der Waals surface area contributed by atoms with Gasteiger partial charge in [0.15, 0.2) is 0 Å². The van der Waals surface area contributed by atoms with E-state index in [1.54, 1.807) is 13.3 Å². The van der Waals surface area contributed by atoms with Crippen LogP contribution in [0.4, 0.5) is 0 Å². The summed E-state index contributed by atoms with van der Waals surface area (Å²) in [4.78, 5) is 26.2. The minimum atomic E-state index is -0.0290. The quantitative estimate of drug-likeness (QED) is 0.431. The highest BCUT2D eigenvalue weighted by atomic mass is 32.1. The number of hydrogen-bond acceptors (Lipinski definition) is 6. The number of nitrogens with one attached hydrogen (secondary N) is 1. The minimum Gasteiger partial charge on any atom is -0.383 e. The molecule has 0 bridgehead atoms. The largest absolute Gasteiger partial charge is 0.383 e. The summed E-state index contributed by atoms with van der Waals surface area (Å²) in [5, 5.41) is 5.31. The molecular formula is C25H26N4O2S. The number of likely N-dealkylation sites (tertiary alicyclic amines) is 1. The van der Waals surface area contributed by atoms with Crippen molar-refractivity contribution in [1.82, 2.24) is 20.2 Å². The number of benzene rings is 1. The van der Waals surface area contributed by atoms with E-state index >= 15 is 0 Å². The second-order valence-electron chi connectivity index (χ2n) is 8.16. The maximum atomic E-state index is 13.0. The number of nitrogens with zero attached hydrogens (tertiary/aromatic N) is 3. The van der Waals surface area contributed by atoms with E-state index in [0.717, 1.165) is 52.2 Å². The van der Waals surface area contributed by atoms with Gasteiger partial charge in [0.1, 0.15) is 4.83 Å². The molecule has 6 nitrogen and oxygen atoms in total. The van der Waals surface area contributed by atoms with Crippen LogP contribution in [0.5, 0.6) is 0 Å². The summed E-state index contributed by atoms with van der Waals surface area (Å²) in [6.45, 7) is 3.82. The number of amides is 1. The Hall–Kier alpha value is -2.87. The summed E-state index contributed by atoms with van der Waals surface area (Å²) in [6, 6.07) is 14.5. The van der Waals surface area contributed by atoms with E-state index in [1.165, 1.54) is 22.3 Å². The maximum Gasteiger partial charge on any atom is 0.261 e. The number of ether oxygens (including phenoxy) is 1. The van der Waals surface area contributed by atoms with Gasteiger partial charge in [0.25, 0.3) is 5.91 Å². The lowest BCUT2D eigenvalue weighted by Crippen LogP contribution is -2.27. The molecule has 0 aliphatic carbocycles. The molecule has 1 amide bonds. The van der Waals surface area contributed by atoms with Crippen LogP contribution in [-0.2, 0) is 11.3 Å². The van der Waals surface area contributed by atoms with Crippen LogP contribution in [0, 0.1) is 0 Å².